The number of rotatable bonds is 4. The number of aliphatic hydroxyl groups excluding tert-OH is 6. The highest BCUT2D eigenvalue weighted by Crippen LogP contribution is 2.29. The van der Waals surface area contributed by atoms with Crippen LogP contribution in [0.1, 0.15) is 6.92 Å². The summed E-state index contributed by atoms with van der Waals surface area (Å²) in [6.07, 6.45) is -12.9. The van der Waals surface area contributed by atoms with Gasteiger partial charge in [-0.1, -0.05) is 0 Å². The van der Waals surface area contributed by atoms with E-state index in [9.17, 15) is 25.5 Å². The van der Waals surface area contributed by atoms with Crippen LogP contribution in [0.4, 0.5) is 0 Å². The van der Waals surface area contributed by atoms with Gasteiger partial charge in [0.25, 0.3) is 0 Å². The van der Waals surface area contributed by atoms with E-state index in [0.717, 1.165) is 0 Å². The molecule has 6 N–H and O–H groups in total. The van der Waals surface area contributed by atoms with Crippen LogP contribution in [0.15, 0.2) is 0 Å². The van der Waals surface area contributed by atoms with Crippen molar-refractivity contribution in [2.45, 2.75) is 68.3 Å². The second kappa shape index (κ2) is 7.66. The SMILES string of the molecule is CO[C@@H]1O[C@@H](C)[C@@H](O[C@H]2O[C@@H](CO)[C@@H](O)[C@@H](O)[C@H]2O)[C@@H](O)[C@H]1O. The largest absolute Gasteiger partial charge is 0.394 e. The summed E-state index contributed by atoms with van der Waals surface area (Å²) in [5.74, 6) is 0. The first-order valence-corrected chi connectivity index (χ1v) is 7.32. The Hall–Kier alpha value is -0.400. The molecule has 0 aromatic carbocycles. The molecule has 0 amide bonds. The highest BCUT2D eigenvalue weighted by atomic mass is 16.7. The van der Waals surface area contributed by atoms with E-state index in [0.29, 0.717) is 0 Å². The van der Waals surface area contributed by atoms with Crippen molar-refractivity contribution in [3.05, 3.63) is 0 Å². The van der Waals surface area contributed by atoms with Gasteiger partial charge in [0.2, 0.25) is 0 Å². The lowest BCUT2D eigenvalue weighted by Gasteiger charge is -2.45. The number of methoxy groups -OCH3 is 1. The summed E-state index contributed by atoms with van der Waals surface area (Å²) in [6.45, 7) is 0.967. The number of hydrogen-bond acceptors (Lipinski definition) is 10. The first-order chi connectivity index (χ1) is 10.8. The summed E-state index contributed by atoms with van der Waals surface area (Å²) in [5, 5.41) is 58.5. The normalized spacial score (nSPS) is 51.7. The van der Waals surface area contributed by atoms with Gasteiger partial charge in [-0.2, -0.15) is 0 Å². The molecular formula is C13H24O10. The van der Waals surface area contributed by atoms with Crippen molar-refractivity contribution in [2.24, 2.45) is 0 Å². The van der Waals surface area contributed by atoms with E-state index in [-0.39, 0.29) is 0 Å². The van der Waals surface area contributed by atoms with Crippen LogP contribution < -0.4 is 0 Å². The van der Waals surface area contributed by atoms with E-state index >= 15 is 0 Å². The first kappa shape index (κ1) is 18.9. The van der Waals surface area contributed by atoms with Crippen LogP contribution in [0, 0.1) is 0 Å². The molecule has 0 aromatic heterocycles. The maximum Gasteiger partial charge on any atom is 0.187 e. The van der Waals surface area contributed by atoms with E-state index in [2.05, 4.69) is 0 Å². The molecule has 2 aliphatic heterocycles. The zero-order valence-corrected chi connectivity index (χ0v) is 12.8. The predicted octanol–water partition coefficient (Wildman–Crippen LogP) is -3.72. The number of ether oxygens (including phenoxy) is 4. The second-order valence-corrected chi connectivity index (χ2v) is 5.72. The van der Waals surface area contributed by atoms with Crippen molar-refractivity contribution in [3.8, 4) is 0 Å². The minimum atomic E-state index is -1.61. The lowest BCUT2D eigenvalue weighted by molar-refractivity contribution is -0.353. The van der Waals surface area contributed by atoms with Crippen LogP contribution in [-0.2, 0) is 18.9 Å². The molecule has 0 aromatic rings. The number of aliphatic hydroxyl groups is 6. The van der Waals surface area contributed by atoms with Gasteiger partial charge in [0.05, 0.1) is 12.7 Å². The molecule has 10 heteroatoms. The maximum atomic E-state index is 10.1. The minimum Gasteiger partial charge on any atom is -0.394 e. The van der Waals surface area contributed by atoms with Gasteiger partial charge in [-0.25, -0.2) is 0 Å². The monoisotopic (exact) mass is 340 g/mol. The van der Waals surface area contributed by atoms with Gasteiger partial charge in [0, 0.05) is 7.11 Å². The molecule has 136 valence electrons. The first-order valence-electron chi connectivity index (χ1n) is 7.32. The lowest BCUT2D eigenvalue weighted by atomic mass is 9.97. The minimum absolute atomic E-state index is 0.599. The molecule has 0 unspecified atom stereocenters. The van der Waals surface area contributed by atoms with Crippen molar-refractivity contribution in [1.82, 2.24) is 0 Å². The zero-order valence-electron chi connectivity index (χ0n) is 12.8. The summed E-state index contributed by atoms with van der Waals surface area (Å²) in [4.78, 5) is 0. The Labute approximate surface area is 132 Å². The van der Waals surface area contributed by atoms with Crippen LogP contribution in [-0.4, -0.2) is 106 Å². The summed E-state index contributed by atoms with van der Waals surface area (Å²) >= 11 is 0. The van der Waals surface area contributed by atoms with Gasteiger partial charge in [-0.05, 0) is 6.92 Å². The Kier molecular flexibility index (Phi) is 6.30. The maximum absolute atomic E-state index is 10.1. The van der Waals surface area contributed by atoms with Gasteiger partial charge in [0.1, 0.15) is 42.7 Å². The fourth-order valence-corrected chi connectivity index (χ4v) is 2.72. The molecule has 0 radical (unpaired) electrons. The standard InChI is InChI=1S/C13H24O10/c1-4-11(8(17)10(19)12(20-2)21-4)23-13-9(18)7(16)6(15)5(3-14)22-13/h4-19H,3H2,1-2H3/t4-,5-,6+,7+,8-,9+,10+,11+,12+,13+/m0/s1. The molecule has 0 spiro atoms. The molecule has 23 heavy (non-hydrogen) atoms. The Balaban J connectivity index is 2.08. The number of hydrogen-bond donors (Lipinski definition) is 6. The van der Waals surface area contributed by atoms with E-state index in [1.807, 2.05) is 0 Å². The van der Waals surface area contributed by atoms with E-state index in [1.165, 1.54) is 7.11 Å². The van der Waals surface area contributed by atoms with Gasteiger partial charge < -0.3 is 49.6 Å². The van der Waals surface area contributed by atoms with Gasteiger partial charge >= 0.3 is 0 Å². The summed E-state index contributed by atoms with van der Waals surface area (Å²) in [7, 11) is 1.31. The molecule has 2 saturated heterocycles. The van der Waals surface area contributed by atoms with E-state index in [4.69, 9.17) is 24.1 Å². The average Bonchev–Trinajstić information content (AvgIpc) is 2.54. The molecule has 10 nitrogen and oxygen atoms in total. The third-order valence-corrected chi connectivity index (χ3v) is 4.15. The molecule has 0 bridgehead atoms. The van der Waals surface area contributed by atoms with Gasteiger partial charge in [-0.15, -0.1) is 0 Å². The fourth-order valence-electron chi connectivity index (χ4n) is 2.72. The second-order valence-electron chi connectivity index (χ2n) is 5.72. The van der Waals surface area contributed by atoms with E-state index in [1.54, 1.807) is 6.92 Å². The zero-order chi connectivity index (χ0) is 17.3. The van der Waals surface area contributed by atoms with Crippen LogP contribution in [0.5, 0.6) is 0 Å². The highest BCUT2D eigenvalue weighted by Gasteiger charge is 2.49. The van der Waals surface area contributed by atoms with Crippen molar-refractivity contribution < 1.29 is 49.6 Å². The Morgan fingerprint density at radius 3 is 2.00 bits per heavy atom. The highest BCUT2D eigenvalue weighted by molar-refractivity contribution is 4.93. The topological polar surface area (TPSA) is 158 Å². The Morgan fingerprint density at radius 1 is 0.826 bits per heavy atom. The molecule has 2 rings (SSSR count). The summed E-state index contributed by atoms with van der Waals surface area (Å²) in [6, 6.07) is 0. The molecule has 2 aliphatic rings. The third-order valence-electron chi connectivity index (χ3n) is 4.15. The molecule has 2 heterocycles. The Morgan fingerprint density at radius 2 is 1.43 bits per heavy atom. The predicted molar refractivity (Wildman–Crippen MR) is 72.0 cm³/mol. The van der Waals surface area contributed by atoms with Gasteiger partial charge in [0.15, 0.2) is 12.6 Å². The van der Waals surface area contributed by atoms with Gasteiger partial charge in [-0.3, -0.25) is 0 Å². The summed E-state index contributed by atoms with van der Waals surface area (Å²) < 4.78 is 20.9. The van der Waals surface area contributed by atoms with Crippen LogP contribution in [0.2, 0.25) is 0 Å². The van der Waals surface area contributed by atoms with Crippen LogP contribution >= 0.6 is 0 Å². The lowest BCUT2D eigenvalue weighted by Crippen LogP contribution is -2.63. The molecule has 2 fully saturated rings. The fraction of sp³-hybridized carbons (Fsp3) is 1.00. The van der Waals surface area contributed by atoms with Crippen LogP contribution in [0.3, 0.4) is 0 Å². The third kappa shape index (κ3) is 3.66. The van der Waals surface area contributed by atoms with Crippen molar-refractivity contribution in [2.75, 3.05) is 13.7 Å². The average molecular weight is 340 g/mol. The summed E-state index contributed by atoms with van der Waals surface area (Å²) in [5.41, 5.74) is 0. The van der Waals surface area contributed by atoms with Crippen molar-refractivity contribution in [3.63, 3.8) is 0 Å². The van der Waals surface area contributed by atoms with Crippen LogP contribution in [0.25, 0.3) is 0 Å². The smallest absolute Gasteiger partial charge is 0.187 e. The van der Waals surface area contributed by atoms with Crippen molar-refractivity contribution in [1.29, 1.82) is 0 Å². The van der Waals surface area contributed by atoms with Crippen molar-refractivity contribution >= 4 is 0 Å². The van der Waals surface area contributed by atoms with E-state index < -0.39 is 68.0 Å². The Bertz CT molecular complexity index is 380. The quantitative estimate of drug-likeness (QED) is 0.300. The molecular weight excluding hydrogens is 316 g/mol. The molecule has 0 aliphatic carbocycles. The molecule has 0 saturated carbocycles. The molecule has 10 atom stereocenters.